The molecule has 1 unspecified atom stereocenters. The van der Waals surface area contributed by atoms with Gasteiger partial charge in [-0.15, -0.1) is 0 Å². The van der Waals surface area contributed by atoms with Crippen molar-refractivity contribution in [2.45, 2.75) is 58.4 Å². The molecule has 112 valence electrons. The van der Waals surface area contributed by atoms with E-state index in [9.17, 15) is 4.79 Å². The quantitative estimate of drug-likeness (QED) is 0.515. The number of carbonyl (C=O) groups excluding carboxylic acids is 1. The maximum atomic E-state index is 11.3. The van der Waals surface area contributed by atoms with E-state index in [0.717, 1.165) is 38.4 Å². The fraction of sp³-hybridized carbons (Fsp3) is 0.933. The maximum absolute atomic E-state index is 11.3. The van der Waals surface area contributed by atoms with Crippen molar-refractivity contribution < 1.29 is 9.53 Å². The van der Waals surface area contributed by atoms with Gasteiger partial charge in [-0.25, -0.2) is 0 Å². The molecule has 0 aromatic rings. The Morgan fingerprint density at radius 3 is 2.95 bits per heavy atom. The first-order chi connectivity index (χ1) is 9.24. The Morgan fingerprint density at radius 2 is 2.21 bits per heavy atom. The van der Waals surface area contributed by atoms with E-state index in [1.54, 1.807) is 0 Å². The molecule has 4 heteroatoms. The van der Waals surface area contributed by atoms with Crippen LogP contribution in [0.3, 0.4) is 0 Å². The lowest BCUT2D eigenvalue weighted by Crippen LogP contribution is -2.39. The van der Waals surface area contributed by atoms with Crippen LogP contribution in [0, 0.1) is 0 Å². The number of piperidine rings is 1. The molecule has 0 spiro atoms. The molecule has 0 saturated carbocycles. The molecule has 0 aromatic carbocycles. The summed E-state index contributed by atoms with van der Waals surface area (Å²) in [5.41, 5.74) is 0. The third kappa shape index (κ3) is 7.53. The van der Waals surface area contributed by atoms with Crippen LogP contribution in [0.5, 0.6) is 0 Å². The lowest BCUT2D eigenvalue weighted by molar-refractivity contribution is -0.142. The Kier molecular flexibility index (Phi) is 8.84. The molecule has 19 heavy (non-hydrogen) atoms. The van der Waals surface area contributed by atoms with E-state index < -0.39 is 0 Å². The minimum atomic E-state index is -0.125. The van der Waals surface area contributed by atoms with Crippen LogP contribution in [-0.4, -0.2) is 49.7 Å². The molecule has 1 fully saturated rings. The number of likely N-dealkylation sites (tertiary alicyclic amines) is 1. The first-order valence-electron chi connectivity index (χ1n) is 7.84. The predicted molar refractivity (Wildman–Crippen MR) is 78.2 cm³/mol. The summed E-state index contributed by atoms with van der Waals surface area (Å²) in [6.45, 7) is 8.58. The van der Waals surface area contributed by atoms with Crippen molar-refractivity contribution in [2.75, 3.05) is 32.8 Å². The normalized spacial score (nSPS) is 20.4. The number of nitrogens with one attached hydrogen (secondary N) is 1. The number of unbranched alkanes of at least 4 members (excludes halogenated alkanes) is 1. The van der Waals surface area contributed by atoms with Gasteiger partial charge >= 0.3 is 5.97 Å². The first kappa shape index (κ1) is 16.4. The van der Waals surface area contributed by atoms with Crippen LogP contribution in [0.25, 0.3) is 0 Å². The summed E-state index contributed by atoms with van der Waals surface area (Å²) in [5.74, 6) is -0.125. The van der Waals surface area contributed by atoms with E-state index >= 15 is 0 Å². The van der Waals surface area contributed by atoms with Crippen molar-refractivity contribution in [3.8, 4) is 0 Å². The summed E-state index contributed by atoms with van der Waals surface area (Å²) in [4.78, 5) is 13.9. The summed E-state index contributed by atoms with van der Waals surface area (Å²) in [6, 6.07) is 0.729. The largest absolute Gasteiger partial charge is 0.465 e. The van der Waals surface area contributed by atoms with E-state index in [2.05, 4.69) is 24.1 Å². The van der Waals surface area contributed by atoms with Crippen molar-refractivity contribution in [1.82, 2.24) is 10.2 Å². The zero-order valence-corrected chi connectivity index (χ0v) is 12.6. The van der Waals surface area contributed by atoms with Gasteiger partial charge in [-0.2, -0.15) is 0 Å². The highest BCUT2D eigenvalue weighted by molar-refractivity contribution is 5.71. The van der Waals surface area contributed by atoms with Crippen molar-refractivity contribution in [2.24, 2.45) is 0 Å². The van der Waals surface area contributed by atoms with Crippen LogP contribution in [0.15, 0.2) is 0 Å². The number of hydrogen-bond donors (Lipinski definition) is 1. The lowest BCUT2D eigenvalue weighted by atomic mass is 10.0. The Labute approximate surface area is 117 Å². The first-order valence-corrected chi connectivity index (χ1v) is 7.84. The molecule has 1 atom stereocenters. The van der Waals surface area contributed by atoms with Gasteiger partial charge in [-0.3, -0.25) is 4.79 Å². The topological polar surface area (TPSA) is 41.6 Å². The van der Waals surface area contributed by atoms with Gasteiger partial charge in [0.2, 0.25) is 0 Å². The van der Waals surface area contributed by atoms with E-state index in [1.807, 2.05) is 0 Å². The molecule has 0 radical (unpaired) electrons. The van der Waals surface area contributed by atoms with E-state index in [0.29, 0.717) is 13.2 Å². The van der Waals surface area contributed by atoms with Crippen LogP contribution in [0.1, 0.15) is 52.4 Å². The van der Waals surface area contributed by atoms with Gasteiger partial charge in [-0.1, -0.05) is 19.8 Å². The summed E-state index contributed by atoms with van der Waals surface area (Å²) >= 11 is 0. The minimum Gasteiger partial charge on any atom is -0.465 e. The number of nitrogens with zero attached hydrogens (tertiary/aromatic N) is 1. The summed E-state index contributed by atoms with van der Waals surface area (Å²) in [6.07, 6.45) is 7.16. The third-order valence-electron chi connectivity index (χ3n) is 3.77. The van der Waals surface area contributed by atoms with Gasteiger partial charge in [0.25, 0.3) is 0 Å². The zero-order valence-electron chi connectivity index (χ0n) is 12.6. The lowest BCUT2D eigenvalue weighted by Gasteiger charge is -2.33. The molecule has 4 nitrogen and oxygen atoms in total. The van der Waals surface area contributed by atoms with Crippen LogP contribution in [0.4, 0.5) is 0 Å². The van der Waals surface area contributed by atoms with E-state index in [1.165, 1.54) is 25.8 Å². The molecule has 1 rings (SSSR count). The molecule has 0 aliphatic carbocycles. The van der Waals surface area contributed by atoms with Gasteiger partial charge in [0.15, 0.2) is 0 Å². The van der Waals surface area contributed by atoms with Gasteiger partial charge in [0.05, 0.1) is 13.2 Å². The number of carbonyl (C=O) groups is 1. The number of hydrogen-bond acceptors (Lipinski definition) is 4. The van der Waals surface area contributed by atoms with Crippen LogP contribution in [-0.2, 0) is 9.53 Å². The second kappa shape index (κ2) is 10.2. The molecule has 0 aromatic heterocycles. The molecule has 0 amide bonds. The van der Waals surface area contributed by atoms with Crippen molar-refractivity contribution >= 4 is 5.97 Å². The molecular weight excluding hydrogens is 240 g/mol. The summed E-state index contributed by atoms with van der Waals surface area (Å²) < 4.78 is 5.08. The van der Waals surface area contributed by atoms with Gasteiger partial charge in [0, 0.05) is 6.04 Å². The predicted octanol–water partition coefficient (Wildman–Crippen LogP) is 2.18. The van der Waals surface area contributed by atoms with Crippen molar-refractivity contribution in [1.29, 1.82) is 0 Å². The molecule has 1 aliphatic rings. The highest BCUT2D eigenvalue weighted by Gasteiger charge is 2.16. The Hall–Kier alpha value is -0.610. The third-order valence-corrected chi connectivity index (χ3v) is 3.77. The summed E-state index contributed by atoms with van der Waals surface area (Å²) in [5, 5.41) is 3.17. The van der Waals surface area contributed by atoms with Crippen LogP contribution < -0.4 is 5.32 Å². The molecule has 1 aliphatic heterocycles. The highest BCUT2D eigenvalue weighted by Crippen LogP contribution is 2.15. The Bertz CT molecular complexity index is 246. The van der Waals surface area contributed by atoms with Gasteiger partial charge in [0.1, 0.15) is 0 Å². The Morgan fingerprint density at radius 1 is 1.37 bits per heavy atom. The molecule has 1 saturated heterocycles. The molecule has 1 N–H and O–H groups in total. The number of ether oxygens (including phenoxy) is 1. The number of rotatable bonds is 9. The highest BCUT2D eigenvalue weighted by atomic mass is 16.5. The Balaban J connectivity index is 1.94. The van der Waals surface area contributed by atoms with Gasteiger partial charge < -0.3 is 15.0 Å². The smallest absolute Gasteiger partial charge is 0.319 e. The second-order valence-electron chi connectivity index (χ2n) is 5.49. The fourth-order valence-electron chi connectivity index (χ4n) is 2.47. The average Bonchev–Trinajstić information content (AvgIpc) is 2.41. The number of esters is 1. The van der Waals surface area contributed by atoms with Crippen molar-refractivity contribution in [3.63, 3.8) is 0 Å². The average molecular weight is 270 g/mol. The fourth-order valence-corrected chi connectivity index (χ4v) is 2.47. The molecule has 1 heterocycles. The van der Waals surface area contributed by atoms with E-state index in [-0.39, 0.29) is 5.97 Å². The van der Waals surface area contributed by atoms with E-state index in [4.69, 9.17) is 4.74 Å². The maximum Gasteiger partial charge on any atom is 0.319 e. The minimum absolute atomic E-state index is 0.125. The monoisotopic (exact) mass is 270 g/mol. The molecular formula is C15H30N2O2. The second-order valence-corrected chi connectivity index (χ2v) is 5.49. The standard InChI is InChI=1S/C15H30N2O2/c1-3-4-12-19-15(18)13-16-9-7-11-17-10-6-5-8-14(17)2/h14,16H,3-13H2,1-2H3. The van der Waals surface area contributed by atoms with Gasteiger partial charge in [-0.05, 0) is 52.2 Å². The summed E-state index contributed by atoms with van der Waals surface area (Å²) in [7, 11) is 0. The SMILES string of the molecule is CCCCOC(=O)CNCCCN1CCCCC1C. The van der Waals surface area contributed by atoms with Crippen molar-refractivity contribution in [3.05, 3.63) is 0 Å². The molecule has 0 bridgehead atoms. The van der Waals surface area contributed by atoms with Crippen LogP contribution >= 0.6 is 0 Å². The zero-order chi connectivity index (χ0) is 13.9. The van der Waals surface area contributed by atoms with Crippen LogP contribution in [0.2, 0.25) is 0 Å².